The van der Waals surface area contributed by atoms with E-state index in [1.165, 1.54) is 6.07 Å². The number of pyridine rings is 1. The third kappa shape index (κ3) is 8.22. The van der Waals surface area contributed by atoms with Gasteiger partial charge in [-0.3, -0.25) is 9.10 Å². The first-order valence-electron chi connectivity index (χ1n) is 13.2. The van der Waals surface area contributed by atoms with E-state index < -0.39 is 21.7 Å². The topological polar surface area (TPSA) is 113 Å². The molecule has 214 valence electrons. The largest absolute Gasteiger partial charge is 0.489 e. The first-order chi connectivity index (χ1) is 19.8. The Morgan fingerprint density at radius 2 is 1.98 bits per heavy atom. The van der Waals surface area contributed by atoms with E-state index in [1.807, 2.05) is 18.2 Å². The Bertz CT molecular complexity index is 1520. The normalized spacial score (nSPS) is 14.0. The third-order valence-corrected chi connectivity index (χ3v) is 8.38. The van der Waals surface area contributed by atoms with E-state index in [4.69, 9.17) is 26.3 Å². The molecule has 0 amide bonds. The molecule has 3 aromatic rings. The van der Waals surface area contributed by atoms with Crippen molar-refractivity contribution in [1.29, 1.82) is 5.26 Å². The van der Waals surface area contributed by atoms with Crippen molar-refractivity contribution in [3.63, 3.8) is 0 Å². The van der Waals surface area contributed by atoms with Gasteiger partial charge in [0.2, 0.25) is 10.0 Å². The van der Waals surface area contributed by atoms with Crippen molar-refractivity contribution in [2.24, 2.45) is 0 Å². The lowest BCUT2D eigenvalue weighted by molar-refractivity contribution is -0.139. The van der Waals surface area contributed by atoms with Crippen LogP contribution in [0.3, 0.4) is 0 Å². The van der Waals surface area contributed by atoms with Gasteiger partial charge in [-0.1, -0.05) is 42.0 Å². The van der Waals surface area contributed by atoms with Gasteiger partial charge in [-0.25, -0.2) is 13.4 Å². The number of ether oxygens (including phenoxy) is 2. The third-order valence-electron chi connectivity index (χ3n) is 6.45. The fraction of sp³-hybridized carbons (Fsp3) is 0.300. The molecule has 9 nitrogen and oxygen atoms in total. The van der Waals surface area contributed by atoms with Gasteiger partial charge in [-0.05, 0) is 55.0 Å². The summed E-state index contributed by atoms with van der Waals surface area (Å²) in [6.07, 6.45) is 6.65. The quantitative estimate of drug-likeness (QED) is 0.283. The maximum atomic E-state index is 13.3. The number of hydrogen-bond acceptors (Lipinski definition) is 8. The van der Waals surface area contributed by atoms with Crippen molar-refractivity contribution in [3.8, 4) is 11.8 Å². The Kier molecular flexibility index (Phi) is 10.2. The van der Waals surface area contributed by atoms with Gasteiger partial charge in [0, 0.05) is 32.1 Å². The second kappa shape index (κ2) is 14.0. The molecule has 0 spiro atoms. The van der Waals surface area contributed by atoms with E-state index in [2.05, 4.69) is 16.0 Å². The first kappa shape index (κ1) is 29.9. The molecular formula is C30H31ClN4O5S. The van der Waals surface area contributed by atoms with Gasteiger partial charge in [-0.2, -0.15) is 5.26 Å². The van der Waals surface area contributed by atoms with Crippen LogP contribution in [0.15, 0.2) is 72.9 Å². The van der Waals surface area contributed by atoms with Crippen molar-refractivity contribution < 1.29 is 22.7 Å². The average molecular weight is 595 g/mol. The Hall–Kier alpha value is -4.07. The Labute approximate surface area is 245 Å². The minimum atomic E-state index is -4.11. The number of carbonyl (C=O) groups is 1. The lowest BCUT2D eigenvalue weighted by Gasteiger charge is -2.33. The van der Waals surface area contributed by atoms with Crippen LogP contribution in [0.1, 0.15) is 30.9 Å². The maximum absolute atomic E-state index is 13.3. The van der Waals surface area contributed by atoms with Crippen LogP contribution in [0.4, 0.5) is 11.5 Å². The summed E-state index contributed by atoms with van der Waals surface area (Å²) in [5.74, 6) is -0.266. The van der Waals surface area contributed by atoms with E-state index in [0.29, 0.717) is 11.3 Å². The summed E-state index contributed by atoms with van der Waals surface area (Å²) >= 11 is 6.58. The molecule has 0 N–H and O–H groups in total. The number of benzene rings is 2. The zero-order valence-corrected chi connectivity index (χ0v) is 24.2. The zero-order valence-electron chi connectivity index (χ0n) is 22.6. The fourth-order valence-corrected chi connectivity index (χ4v) is 5.97. The lowest BCUT2D eigenvalue weighted by atomic mass is 10.1. The van der Waals surface area contributed by atoms with E-state index in [1.54, 1.807) is 61.7 Å². The van der Waals surface area contributed by atoms with E-state index >= 15 is 0 Å². The van der Waals surface area contributed by atoms with Crippen molar-refractivity contribution in [2.45, 2.75) is 25.9 Å². The Morgan fingerprint density at radius 1 is 1.17 bits per heavy atom. The van der Waals surface area contributed by atoms with Crippen LogP contribution >= 0.6 is 11.6 Å². The number of esters is 1. The highest BCUT2D eigenvalue weighted by molar-refractivity contribution is 7.93. The molecule has 1 aliphatic heterocycles. The highest BCUT2D eigenvalue weighted by atomic mass is 35.5. The number of anilines is 2. The van der Waals surface area contributed by atoms with Crippen molar-refractivity contribution in [2.75, 3.05) is 41.2 Å². The lowest BCUT2D eigenvalue weighted by Crippen LogP contribution is -2.38. The molecule has 2 heterocycles. The molecule has 0 bridgehead atoms. The van der Waals surface area contributed by atoms with Crippen LogP contribution in [0.25, 0.3) is 6.08 Å². The van der Waals surface area contributed by atoms with E-state index in [0.717, 1.165) is 41.6 Å². The molecule has 1 saturated heterocycles. The highest BCUT2D eigenvalue weighted by Crippen LogP contribution is 2.33. The number of piperidine rings is 1. The van der Waals surface area contributed by atoms with Crippen LogP contribution in [0.2, 0.25) is 5.02 Å². The number of rotatable bonds is 11. The number of halogens is 1. The molecule has 1 aliphatic rings. The number of nitriles is 1. The smallest absolute Gasteiger partial charge is 0.323 e. The highest BCUT2D eigenvalue weighted by Gasteiger charge is 2.27. The molecular weight excluding hydrogens is 564 g/mol. The van der Waals surface area contributed by atoms with Gasteiger partial charge in [0.15, 0.2) is 5.75 Å². The van der Waals surface area contributed by atoms with Crippen LogP contribution in [-0.2, 0) is 19.6 Å². The SMILES string of the molecule is CCOC(=O)CS(=O)(=O)N(C/C=C/c1cccc(C#N)c1)c1ccc(OC2CCN(c3ccccn3)CC2)c(Cl)c1. The van der Waals surface area contributed by atoms with Gasteiger partial charge in [0.1, 0.15) is 17.7 Å². The number of sulfonamides is 1. The van der Waals surface area contributed by atoms with Gasteiger partial charge in [-0.15, -0.1) is 0 Å². The molecule has 4 rings (SSSR count). The van der Waals surface area contributed by atoms with Crippen molar-refractivity contribution in [3.05, 3.63) is 89.1 Å². The zero-order chi connectivity index (χ0) is 29.2. The predicted octanol–water partition coefficient (Wildman–Crippen LogP) is 5.07. The average Bonchev–Trinajstić information content (AvgIpc) is 2.97. The second-order valence-electron chi connectivity index (χ2n) is 9.34. The Morgan fingerprint density at radius 3 is 2.66 bits per heavy atom. The maximum Gasteiger partial charge on any atom is 0.323 e. The molecule has 0 unspecified atom stereocenters. The van der Waals surface area contributed by atoms with Gasteiger partial charge in [0.05, 0.1) is 35.5 Å². The van der Waals surface area contributed by atoms with Gasteiger partial charge in [0.25, 0.3) is 0 Å². The Balaban J connectivity index is 1.49. The molecule has 1 aromatic heterocycles. The van der Waals surface area contributed by atoms with Crippen LogP contribution in [-0.4, -0.2) is 57.5 Å². The van der Waals surface area contributed by atoms with Crippen molar-refractivity contribution >= 4 is 45.2 Å². The first-order valence-corrected chi connectivity index (χ1v) is 15.2. The number of nitrogens with zero attached hydrogens (tertiary/aromatic N) is 4. The standard InChI is InChI=1S/C30H31ClN4O5S/c1-2-39-30(36)22-41(37,38)35(16-6-9-23-7-5-8-24(19-23)21-32)25-11-12-28(27(31)20-25)40-26-13-17-34(18-14-26)29-10-3-4-15-33-29/h3-12,15,19-20,26H,2,13-14,16-18,22H2,1H3/b9-6+. The molecule has 0 saturated carbocycles. The van der Waals surface area contributed by atoms with Gasteiger partial charge >= 0.3 is 5.97 Å². The van der Waals surface area contributed by atoms with Crippen LogP contribution < -0.4 is 13.9 Å². The predicted molar refractivity (Wildman–Crippen MR) is 160 cm³/mol. The van der Waals surface area contributed by atoms with Crippen molar-refractivity contribution in [1.82, 2.24) is 4.98 Å². The van der Waals surface area contributed by atoms with E-state index in [-0.39, 0.29) is 30.0 Å². The minimum absolute atomic E-state index is 0.0472. The molecule has 41 heavy (non-hydrogen) atoms. The summed E-state index contributed by atoms with van der Waals surface area (Å²) in [6, 6.07) is 19.6. The summed E-state index contributed by atoms with van der Waals surface area (Å²) in [4.78, 5) is 18.7. The molecule has 2 aromatic carbocycles. The molecule has 0 atom stereocenters. The summed E-state index contributed by atoms with van der Waals surface area (Å²) in [5.41, 5.74) is 1.51. The summed E-state index contributed by atoms with van der Waals surface area (Å²) in [6.45, 7) is 3.20. The minimum Gasteiger partial charge on any atom is -0.489 e. The van der Waals surface area contributed by atoms with Crippen LogP contribution in [0.5, 0.6) is 5.75 Å². The summed E-state index contributed by atoms with van der Waals surface area (Å²) in [5, 5.41) is 9.40. The summed E-state index contributed by atoms with van der Waals surface area (Å²) < 4.78 is 38.7. The molecule has 1 fully saturated rings. The molecule has 11 heteroatoms. The van der Waals surface area contributed by atoms with E-state index in [9.17, 15) is 13.2 Å². The van der Waals surface area contributed by atoms with Crippen LogP contribution in [0, 0.1) is 11.3 Å². The number of hydrogen-bond donors (Lipinski definition) is 0. The fourth-order valence-electron chi connectivity index (χ4n) is 4.47. The number of aromatic nitrogens is 1. The monoisotopic (exact) mass is 594 g/mol. The molecule has 0 radical (unpaired) electrons. The summed E-state index contributed by atoms with van der Waals surface area (Å²) in [7, 11) is -4.11. The molecule has 0 aliphatic carbocycles. The van der Waals surface area contributed by atoms with Gasteiger partial charge < -0.3 is 14.4 Å². The second-order valence-corrected chi connectivity index (χ2v) is 11.6. The number of carbonyl (C=O) groups excluding carboxylic acids is 1.